The molecule has 0 aliphatic heterocycles. The Morgan fingerprint density at radius 1 is 1.60 bits per heavy atom. The minimum Gasteiger partial charge on any atom is -0.317 e. The quantitative estimate of drug-likeness (QED) is 0.559. The molecule has 0 bridgehead atoms. The first kappa shape index (κ1) is 9.56. The van der Waals surface area contributed by atoms with Crippen molar-refractivity contribution >= 4 is 0 Å². The van der Waals surface area contributed by atoms with E-state index in [0.717, 1.165) is 0 Å². The number of rotatable bonds is 4. The molecule has 0 saturated carbocycles. The van der Waals surface area contributed by atoms with Crippen molar-refractivity contribution in [1.82, 2.24) is 0 Å². The third kappa shape index (κ3) is 2.92. The molecular weight excluding hydrogens is 138 g/mol. The normalized spacial score (nSPS) is 11.6. The van der Waals surface area contributed by atoms with E-state index in [-0.39, 0.29) is 12.2 Å². The smallest absolute Gasteiger partial charge is 0.317 e. The largest absolute Gasteiger partial charge is 0.378 e. The van der Waals surface area contributed by atoms with Crippen LogP contribution in [0.3, 0.4) is 0 Å². The lowest BCUT2D eigenvalue weighted by atomic mass is 10.3. The molecule has 0 fully saturated rings. The molecule has 0 amide bonds. The Balaban J connectivity index is 3.75. The second kappa shape index (κ2) is 3.66. The zero-order valence-electron chi connectivity index (χ0n) is 6.29. The van der Waals surface area contributed by atoms with Gasteiger partial charge in [-0.3, -0.25) is 0 Å². The van der Waals surface area contributed by atoms with E-state index in [9.17, 15) is 8.78 Å². The molecule has 0 N–H and O–H groups in total. The van der Waals surface area contributed by atoms with Gasteiger partial charge < -0.3 is 4.74 Å². The molecule has 10 heavy (non-hydrogen) atoms. The lowest BCUT2D eigenvalue weighted by molar-refractivity contribution is -0.208. The second-order valence-electron chi connectivity index (χ2n) is 2.15. The summed E-state index contributed by atoms with van der Waals surface area (Å²) in [6.07, 6.45) is -2.56. The Labute approximate surface area is 59.7 Å². The summed E-state index contributed by atoms with van der Waals surface area (Å²) in [7, 11) is 0. The van der Waals surface area contributed by atoms with E-state index in [2.05, 4.69) is 11.3 Å². The minimum atomic E-state index is -3.14. The van der Waals surface area contributed by atoms with Crippen LogP contribution < -0.4 is 0 Å². The molecule has 1 nitrogen and oxygen atoms in total. The van der Waals surface area contributed by atoms with Crippen molar-refractivity contribution in [3.8, 4) is 0 Å². The average molecular weight is 150 g/mol. The Bertz CT molecular complexity index is 121. The third-order valence-electron chi connectivity index (χ3n) is 0.984. The highest BCUT2D eigenvalue weighted by Crippen LogP contribution is 2.23. The van der Waals surface area contributed by atoms with Gasteiger partial charge in [0.1, 0.15) is 0 Å². The van der Waals surface area contributed by atoms with E-state index in [1.807, 2.05) is 0 Å². The standard InChI is InChI=1S/C7H12F2O/c1-4-5-10-7(8,9)6(2)3/h2,4-5H2,1,3H3. The Kier molecular flexibility index (Phi) is 3.50. The molecule has 0 spiro atoms. The molecule has 0 atom stereocenters. The monoisotopic (exact) mass is 150 g/mol. The average Bonchev–Trinajstić information content (AvgIpc) is 1.84. The molecule has 0 aromatic rings. The van der Waals surface area contributed by atoms with E-state index in [0.29, 0.717) is 6.42 Å². The Morgan fingerprint density at radius 2 is 2.10 bits per heavy atom. The lowest BCUT2D eigenvalue weighted by Gasteiger charge is -2.15. The van der Waals surface area contributed by atoms with Crippen LogP contribution >= 0.6 is 0 Å². The van der Waals surface area contributed by atoms with Gasteiger partial charge in [0, 0.05) is 5.57 Å². The Morgan fingerprint density at radius 3 is 2.40 bits per heavy atom. The van der Waals surface area contributed by atoms with Crippen LogP contribution in [0.2, 0.25) is 0 Å². The first-order valence-corrected chi connectivity index (χ1v) is 3.18. The van der Waals surface area contributed by atoms with Gasteiger partial charge in [0.25, 0.3) is 0 Å². The highest BCUT2D eigenvalue weighted by atomic mass is 19.3. The summed E-state index contributed by atoms with van der Waals surface area (Å²) in [6.45, 7) is 6.19. The minimum absolute atomic E-state index is 0.0693. The SMILES string of the molecule is C=C(C)C(F)(F)OCCC. The van der Waals surface area contributed by atoms with Gasteiger partial charge in [-0.25, -0.2) is 0 Å². The maximum absolute atomic E-state index is 12.4. The van der Waals surface area contributed by atoms with E-state index in [4.69, 9.17) is 0 Å². The van der Waals surface area contributed by atoms with Gasteiger partial charge in [0.2, 0.25) is 0 Å². The molecule has 0 aliphatic rings. The van der Waals surface area contributed by atoms with Crippen LogP contribution in [0, 0.1) is 0 Å². The van der Waals surface area contributed by atoms with Crippen LogP contribution in [0.5, 0.6) is 0 Å². The van der Waals surface area contributed by atoms with Crippen molar-refractivity contribution in [2.45, 2.75) is 26.4 Å². The fourth-order valence-corrected chi connectivity index (χ4v) is 0.353. The van der Waals surface area contributed by atoms with Crippen molar-refractivity contribution < 1.29 is 13.5 Å². The van der Waals surface area contributed by atoms with Gasteiger partial charge >= 0.3 is 6.11 Å². The third-order valence-corrected chi connectivity index (χ3v) is 0.984. The molecule has 0 radical (unpaired) electrons. The highest BCUT2D eigenvalue weighted by molar-refractivity contribution is 4.97. The van der Waals surface area contributed by atoms with Crippen molar-refractivity contribution in [2.24, 2.45) is 0 Å². The van der Waals surface area contributed by atoms with Crippen LogP contribution in [-0.4, -0.2) is 12.7 Å². The van der Waals surface area contributed by atoms with Crippen LogP contribution in [0.1, 0.15) is 20.3 Å². The summed E-state index contributed by atoms with van der Waals surface area (Å²) in [4.78, 5) is 0. The first-order valence-electron chi connectivity index (χ1n) is 3.18. The van der Waals surface area contributed by atoms with Gasteiger partial charge in [0.05, 0.1) is 6.61 Å². The molecule has 0 rings (SSSR count). The number of alkyl halides is 2. The van der Waals surface area contributed by atoms with E-state index >= 15 is 0 Å². The van der Waals surface area contributed by atoms with Gasteiger partial charge in [-0.2, -0.15) is 8.78 Å². The number of hydrogen-bond acceptors (Lipinski definition) is 1. The Hall–Kier alpha value is -0.440. The zero-order chi connectivity index (χ0) is 8.20. The second-order valence-corrected chi connectivity index (χ2v) is 2.15. The van der Waals surface area contributed by atoms with Crippen molar-refractivity contribution in [2.75, 3.05) is 6.61 Å². The molecule has 60 valence electrons. The van der Waals surface area contributed by atoms with Crippen LogP contribution in [0.25, 0.3) is 0 Å². The predicted molar refractivity (Wildman–Crippen MR) is 36.0 cm³/mol. The maximum Gasteiger partial charge on any atom is 0.378 e. The topological polar surface area (TPSA) is 9.23 Å². The summed E-state index contributed by atoms with van der Waals surface area (Å²) in [5.41, 5.74) is -0.249. The van der Waals surface area contributed by atoms with Crippen molar-refractivity contribution in [3.05, 3.63) is 12.2 Å². The molecule has 0 unspecified atom stereocenters. The highest BCUT2D eigenvalue weighted by Gasteiger charge is 2.30. The zero-order valence-corrected chi connectivity index (χ0v) is 6.29. The maximum atomic E-state index is 12.4. The van der Waals surface area contributed by atoms with Gasteiger partial charge in [-0.15, -0.1) is 0 Å². The predicted octanol–water partition coefficient (Wildman–Crippen LogP) is 2.58. The number of halogens is 2. The summed E-state index contributed by atoms with van der Waals surface area (Å²) in [5, 5.41) is 0. The molecular formula is C7H12F2O. The molecule has 0 saturated heterocycles. The summed E-state index contributed by atoms with van der Waals surface area (Å²) < 4.78 is 29.0. The fraction of sp³-hybridized carbons (Fsp3) is 0.714. The van der Waals surface area contributed by atoms with Gasteiger partial charge in [0.15, 0.2) is 0 Å². The number of hydrogen-bond donors (Lipinski definition) is 0. The van der Waals surface area contributed by atoms with Crippen LogP contribution in [0.4, 0.5) is 8.78 Å². The lowest BCUT2D eigenvalue weighted by Crippen LogP contribution is -2.21. The van der Waals surface area contributed by atoms with E-state index in [1.165, 1.54) is 6.92 Å². The van der Waals surface area contributed by atoms with Crippen molar-refractivity contribution in [3.63, 3.8) is 0 Å². The van der Waals surface area contributed by atoms with Crippen LogP contribution in [-0.2, 0) is 4.74 Å². The molecule has 0 aliphatic carbocycles. The van der Waals surface area contributed by atoms with Gasteiger partial charge in [-0.05, 0) is 13.3 Å². The summed E-state index contributed by atoms with van der Waals surface area (Å²) in [6, 6.07) is 0. The van der Waals surface area contributed by atoms with Crippen molar-refractivity contribution in [1.29, 1.82) is 0 Å². The molecule has 0 aromatic heterocycles. The summed E-state index contributed by atoms with van der Waals surface area (Å²) >= 11 is 0. The van der Waals surface area contributed by atoms with E-state index in [1.54, 1.807) is 6.92 Å². The fourth-order valence-electron chi connectivity index (χ4n) is 0.353. The molecule has 0 aromatic carbocycles. The number of ether oxygens (including phenoxy) is 1. The summed E-state index contributed by atoms with van der Waals surface area (Å²) in [5.74, 6) is 0. The molecule has 0 heterocycles. The first-order chi connectivity index (χ1) is 4.50. The van der Waals surface area contributed by atoms with Crippen LogP contribution in [0.15, 0.2) is 12.2 Å². The van der Waals surface area contributed by atoms with E-state index < -0.39 is 6.11 Å². The molecule has 3 heteroatoms. The van der Waals surface area contributed by atoms with Gasteiger partial charge in [-0.1, -0.05) is 13.5 Å².